The molecule has 1 fully saturated rings. The molecule has 0 bridgehead atoms. The maximum atomic E-state index is 12.3. The molecule has 1 aromatic rings. The molecular weight excluding hydrogens is 338 g/mol. The van der Waals surface area contributed by atoms with Crippen LogP contribution >= 0.6 is 12.4 Å². The fraction of sp³-hybridized carbons (Fsp3) is 0.400. The van der Waals surface area contributed by atoms with Gasteiger partial charge >= 0.3 is 0 Å². The first-order valence-corrected chi connectivity index (χ1v) is 8.66. The molecule has 0 aliphatic carbocycles. The first-order chi connectivity index (χ1) is 10.5. The summed E-state index contributed by atoms with van der Waals surface area (Å²) in [6.07, 6.45) is 2.39. The van der Waals surface area contributed by atoms with E-state index < -0.39 is 10.0 Å². The highest BCUT2D eigenvalue weighted by atomic mass is 35.5. The predicted octanol–water partition coefficient (Wildman–Crippen LogP) is 0.994. The number of amides is 1. The first kappa shape index (κ1) is 19.6. The molecule has 1 unspecified atom stereocenters. The maximum Gasteiger partial charge on any atom is 0.253 e. The Morgan fingerprint density at radius 2 is 2.04 bits per heavy atom. The number of halogens is 1. The minimum absolute atomic E-state index is 0. The van der Waals surface area contributed by atoms with E-state index in [-0.39, 0.29) is 29.8 Å². The van der Waals surface area contributed by atoms with Gasteiger partial charge in [0.15, 0.2) is 0 Å². The molecule has 0 spiro atoms. The monoisotopic (exact) mass is 359 g/mol. The molecule has 3 N–H and O–H groups in total. The molecule has 1 amide bonds. The number of sulfonamides is 1. The Balaban J connectivity index is 0.00000264. The summed E-state index contributed by atoms with van der Waals surface area (Å²) < 4.78 is 26.3. The summed E-state index contributed by atoms with van der Waals surface area (Å²) in [5.74, 6) is 0.269. The van der Waals surface area contributed by atoms with Gasteiger partial charge in [-0.3, -0.25) is 4.79 Å². The number of nitrogens with one attached hydrogen (secondary N) is 1. The molecule has 0 radical (unpaired) electrons. The van der Waals surface area contributed by atoms with Crippen molar-refractivity contribution in [1.82, 2.24) is 9.62 Å². The van der Waals surface area contributed by atoms with E-state index in [4.69, 9.17) is 5.73 Å². The predicted molar refractivity (Wildman–Crippen MR) is 92.1 cm³/mol. The summed E-state index contributed by atoms with van der Waals surface area (Å²) in [4.78, 5) is 14.2. The van der Waals surface area contributed by atoms with Gasteiger partial charge in [-0.25, -0.2) is 13.1 Å². The molecule has 1 heterocycles. The Morgan fingerprint density at radius 1 is 1.39 bits per heavy atom. The highest BCUT2D eigenvalue weighted by Gasteiger charge is 2.26. The van der Waals surface area contributed by atoms with Crippen LogP contribution in [-0.4, -0.2) is 45.4 Å². The van der Waals surface area contributed by atoms with Crippen LogP contribution in [0, 0.1) is 5.92 Å². The summed E-state index contributed by atoms with van der Waals surface area (Å²) in [7, 11) is -3.56. The number of carbonyl (C=O) groups is 1. The van der Waals surface area contributed by atoms with Crippen LogP contribution in [0.3, 0.4) is 0 Å². The molecule has 0 saturated carbocycles. The number of carbonyl (C=O) groups excluding carboxylic acids is 1. The summed E-state index contributed by atoms with van der Waals surface area (Å²) >= 11 is 0. The van der Waals surface area contributed by atoms with E-state index in [1.807, 2.05) is 0 Å². The smallest absolute Gasteiger partial charge is 0.253 e. The molecule has 8 heteroatoms. The van der Waals surface area contributed by atoms with Crippen LogP contribution in [0.1, 0.15) is 16.8 Å². The fourth-order valence-electron chi connectivity index (χ4n) is 2.42. The standard InChI is InChI=1S/C15H21N3O3S.ClH/c1-2-8-17-22(20,21)14-5-3-13(4-6-14)15(19)18-9-7-12(10-16)11-18;/h2-6,12,17H,1,7-11,16H2;1H. The van der Waals surface area contributed by atoms with E-state index in [1.54, 1.807) is 17.0 Å². The van der Waals surface area contributed by atoms with Gasteiger partial charge in [0.1, 0.15) is 0 Å². The van der Waals surface area contributed by atoms with Gasteiger partial charge in [-0.05, 0) is 43.1 Å². The van der Waals surface area contributed by atoms with Crippen molar-refractivity contribution in [1.29, 1.82) is 0 Å². The molecule has 1 aromatic carbocycles. The normalized spacial score (nSPS) is 17.6. The molecular formula is C15H22ClN3O3S. The molecule has 128 valence electrons. The second-order valence-electron chi connectivity index (χ2n) is 5.31. The van der Waals surface area contributed by atoms with Crippen molar-refractivity contribution in [2.24, 2.45) is 11.7 Å². The van der Waals surface area contributed by atoms with Crippen LogP contribution in [0.2, 0.25) is 0 Å². The van der Waals surface area contributed by atoms with Crippen molar-refractivity contribution in [3.8, 4) is 0 Å². The lowest BCUT2D eigenvalue weighted by molar-refractivity contribution is 0.0787. The first-order valence-electron chi connectivity index (χ1n) is 7.18. The number of nitrogens with two attached hydrogens (primary N) is 1. The van der Waals surface area contributed by atoms with E-state index >= 15 is 0 Å². The van der Waals surface area contributed by atoms with Crippen molar-refractivity contribution in [2.45, 2.75) is 11.3 Å². The van der Waals surface area contributed by atoms with Gasteiger partial charge < -0.3 is 10.6 Å². The molecule has 6 nitrogen and oxygen atoms in total. The SMILES string of the molecule is C=CCNS(=O)(=O)c1ccc(C(=O)N2CCC(CN)C2)cc1.Cl. The van der Waals surface area contributed by atoms with Crippen LogP contribution in [0.15, 0.2) is 41.8 Å². The van der Waals surface area contributed by atoms with Gasteiger partial charge in [0, 0.05) is 25.2 Å². The quantitative estimate of drug-likeness (QED) is 0.741. The number of hydrogen-bond acceptors (Lipinski definition) is 4. The van der Waals surface area contributed by atoms with Gasteiger partial charge in [-0.2, -0.15) is 0 Å². The molecule has 1 atom stereocenters. The lowest BCUT2D eigenvalue weighted by atomic mass is 10.1. The van der Waals surface area contributed by atoms with E-state index in [2.05, 4.69) is 11.3 Å². The van der Waals surface area contributed by atoms with Crippen LogP contribution in [0.4, 0.5) is 0 Å². The fourth-order valence-corrected chi connectivity index (χ4v) is 3.42. The van der Waals surface area contributed by atoms with Crippen molar-refractivity contribution in [3.63, 3.8) is 0 Å². The minimum atomic E-state index is -3.56. The molecule has 1 saturated heterocycles. The highest BCUT2D eigenvalue weighted by molar-refractivity contribution is 7.89. The number of likely N-dealkylation sites (tertiary alicyclic amines) is 1. The van der Waals surface area contributed by atoms with Gasteiger partial charge in [-0.15, -0.1) is 19.0 Å². The molecule has 1 aliphatic rings. The topological polar surface area (TPSA) is 92.5 Å². The van der Waals surface area contributed by atoms with Crippen LogP contribution in [-0.2, 0) is 10.0 Å². The van der Waals surface area contributed by atoms with Gasteiger partial charge in [0.05, 0.1) is 4.90 Å². The Morgan fingerprint density at radius 3 is 2.57 bits per heavy atom. The number of rotatable bonds is 6. The highest BCUT2D eigenvalue weighted by Crippen LogP contribution is 2.18. The average Bonchev–Trinajstić information content (AvgIpc) is 3.01. The molecule has 23 heavy (non-hydrogen) atoms. The minimum Gasteiger partial charge on any atom is -0.338 e. The Bertz CT molecular complexity index is 646. The van der Waals surface area contributed by atoms with Crippen molar-refractivity contribution < 1.29 is 13.2 Å². The van der Waals surface area contributed by atoms with Crippen molar-refractivity contribution >= 4 is 28.3 Å². The van der Waals surface area contributed by atoms with Gasteiger partial charge in [0.2, 0.25) is 10.0 Å². The summed E-state index contributed by atoms with van der Waals surface area (Å²) in [6, 6.07) is 5.96. The summed E-state index contributed by atoms with van der Waals surface area (Å²) in [6.45, 7) is 5.57. The Labute approximate surface area is 143 Å². The molecule has 0 aromatic heterocycles. The number of nitrogens with zero attached hydrogens (tertiary/aromatic N) is 1. The maximum absolute atomic E-state index is 12.3. The zero-order chi connectivity index (χ0) is 16.2. The number of benzene rings is 1. The summed E-state index contributed by atoms with van der Waals surface area (Å²) in [5.41, 5.74) is 6.11. The van der Waals surface area contributed by atoms with Crippen LogP contribution in [0.25, 0.3) is 0 Å². The Kier molecular flexibility index (Phi) is 7.21. The molecule has 2 rings (SSSR count). The third-order valence-corrected chi connectivity index (χ3v) is 5.18. The Hall–Kier alpha value is -1.41. The van der Waals surface area contributed by atoms with E-state index in [9.17, 15) is 13.2 Å². The largest absolute Gasteiger partial charge is 0.338 e. The van der Waals surface area contributed by atoms with Crippen molar-refractivity contribution in [3.05, 3.63) is 42.5 Å². The van der Waals surface area contributed by atoms with E-state index in [1.165, 1.54) is 18.2 Å². The lowest BCUT2D eigenvalue weighted by Gasteiger charge is -2.16. The third kappa shape index (κ3) is 4.78. The van der Waals surface area contributed by atoms with Gasteiger partial charge in [0.25, 0.3) is 5.91 Å². The summed E-state index contributed by atoms with van der Waals surface area (Å²) in [5, 5.41) is 0. The van der Waals surface area contributed by atoms with Gasteiger partial charge in [-0.1, -0.05) is 6.08 Å². The second kappa shape index (κ2) is 8.44. The zero-order valence-electron chi connectivity index (χ0n) is 12.8. The zero-order valence-corrected chi connectivity index (χ0v) is 14.4. The van der Waals surface area contributed by atoms with E-state index in [0.29, 0.717) is 31.1 Å². The van der Waals surface area contributed by atoms with Crippen molar-refractivity contribution in [2.75, 3.05) is 26.2 Å². The van der Waals surface area contributed by atoms with E-state index in [0.717, 1.165) is 6.42 Å². The number of hydrogen-bond donors (Lipinski definition) is 2. The van der Waals surface area contributed by atoms with Crippen LogP contribution < -0.4 is 10.5 Å². The molecule has 1 aliphatic heterocycles. The lowest BCUT2D eigenvalue weighted by Crippen LogP contribution is -2.30. The van der Waals surface area contributed by atoms with Crippen LogP contribution in [0.5, 0.6) is 0 Å². The third-order valence-electron chi connectivity index (χ3n) is 3.74. The average molecular weight is 360 g/mol. The second-order valence-corrected chi connectivity index (χ2v) is 7.07.